The van der Waals surface area contributed by atoms with Crippen LogP contribution in [0.4, 0.5) is 26.3 Å². The van der Waals surface area contributed by atoms with E-state index in [1.165, 1.54) is 6.07 Å². The number of allylic oxidation sites excluding steroid dienone is 1. The van der Waals surface area contributed by atoms with Gasteiger partial charge in [-0.3, -0.25) is 0 Å². The Morgan fingerprint density at radius 3 is 2.43 bits per heavy atom. The third-order valence-corrected chi connectivity index (χ3v) is 4.99. The van der Waals surface area contributed by atoms with Gasteiger partial charge in [-0.05, 0) is 67.3 Å². The molecule has 158 valence electrons. The fraction of sp³-hybridized carbons (Fsp3) is 0.304. The average molecular weight is 424 g/mol. The monoisotopic (exact) mass is 424 g/mol. The second-order valence-electron chi connectivity index (χ2n) is 7.11. The first-order valence-corrected chi connectivity index (χ1v) is 9.36. The summed E-state index contributed by atoms with van der Waals surface area (Å²) in [5.74, 6) is 0.255. The smallest absolute Gasteiger partial charge is 0.399 e. The van der Waals surface area contributed by atoms with Crippen LogP contribution in [0.15, 0.2) is 36.9 Å². The minimum atomic E-state index is -5.23. The Hall–Kier alpha value is -2.88. The lowest BCUT2D eigenvalue weighted by Crippen LogP contribution is -2.19. The van der Waals surface area contributed by atoms with Crippen LogP contribution in [0.1, 0.15) is 41.5 Å². The topological polar surface area (TPSA) is 9.23 Å². The molecule has 0 saturated carbocycles. The summed E-state index contributed by atoms with van der Waals surface area (Å²) in [6.07, 6.45) is 0.735. The molecule has 1 aliphatic carbocycles. The van der Waals surface area contributed by atoms with E-state index in [0.29, 0.717) is 30.0 Å². The van der Waals surface area contributed by atoms with Crippen molar-refractivity contribution in [2.24, 2.45) is 5.92 Å². The fourth-order valence-corrected chi connectivity index (χ4v) is 3.57. The van der Waals surface area contributed by atoms with Crippen LogP contribution in [-0.4, -0.2) is 6.36 Å². The Morgan fingerprint density at radius 1 is 1.10 bits per heavy atom. The molecule has 0 fully saturated rings. The van der Waals surface area contributed by atoms with E-state index in [0.717, 1.165) is 31.2 Å². The molecule has 0 aliphatic heterocycles. The molecule has 1 aliphatic rings. The summed E-state index contributed by atoms with van der Waals surface area (Å²) in [4.78, 5) is 0. The lowest BCUT2D eigenvalue weighted by Gasteiger charge is -2.25. The predicted molar refractivity (Wildman–Crippen MR) is 100 cm³/mol. The Kier molecular flexibility index (Phi) is 6.45. The van der Waals surface area contributed by atoms with Crippen molar-refractivity contribution < 1.29 is 31.1 Å². The number of halogens is 6. The minimum absolute atomic E-state index is 0.0646. The Balaban J connectivity index is 1.83. The molecule has 1 unspecified atom stereocenters. The molecule has 1 nitrogen and oxygen atoms in total. The summed E-state index contributed by atoms with van der Waals surface area (Å²) < 4.78 is 82.4. The van der Waals surface area contributed by atoms with E-state index in [-0.39, 0.29) is 11.1 Å². The molecule has 0 radical (unpaired) electrons. The van der Waals surface area contributed by atoms with Crippen LogP contribution in [-0.2, 0) is 12.8 Å². The van der Waals surface area contributed by atoms with E-state index in [9.17, 15) is 26.3 Å². The molecule has 30 heavy (non-hydrogen) atoms. The summed E-state index contributed by atoms with van der Waals surface area (Å²) in [7, 11) is 0. The Morgan fingerprint density at radius 2 is 1.80 bits per heavy atom. The molecule has 7 heteroatoms. The zero-order valence-electron chi connectivity index (χ0n) is 15.9. The molecule has 0 amide bonds. The Bertz CT molecular complexity index is 990. The van der Waals surface area contributed by atoms with Crippen LogP contribution in [0.3, 0.4) is 0 Å². The average Bonchev–Trinajstić information content (AvgIpc) is 2.68. The van der Waals surface area contributed by atoms with Gasteiger partial charge in [-0.15, -0.1) is 19.8 Å². The number of fused-ring (bicyclic) bond motifs is 1. The molecule has 0 N–H and O–H groups in total. The van der Waals surface area contributed by atoms with Gasteiger partial charge in [0, 0.05) is 5.56 Å². The molecule has 0 heterocycles. The number of rotatable bonds is 4. The number of benzene rings is 2. The quantitative estimate of drug-likeness (QED) is 0.310. The lowest BCUT2D eigenvalue weighted by molar-refractivity contribution is -0.276. The van der Waals surface area contributed by atoms with Crippen molar-refractivity contribution in [3.05, 3.63) is 76.6 Å². The molecule has 1 atom stereocenters. The number of ether oxygens (including phenoxy) is 1. The summed E-state index contributed by atoms with van der Waals surface area (Å²) in [6, 6.07) is 4.52. The van der Waals surface area contributed by atoms with Crippen LogP contribution in [0, 0.1) is 35.2 Å². The van der Waals surface area contributed by atoms with Crippen LogP contribution >= 0.6 is 0 Å². The van der Waals surface area contributed by atoms with Gasteiger partial charge in [0.05, 0.1) is 5.56 Å². The highest BCUT2D eigenvalue weighted by Gasteiger charge is 2.34. The van der Waals surface area contributed by atoms with Crippen LogP contribution in [0.25, 0.3) is 0 Å². The third kappa shape index (κ3) is 5.18. The van der Waals surface area contributed by atoms with Crippen LogP contribution in [0.5, 0.6) is 5.75 Å². The first-order valence-electron chi connectivity index (χ1n) is 9.36. The normalized spacial score (nSPS) is 15.7. The molecule has 2 aromatic rings. The van der Waals surface area contributed by atoms with Gasteiger partial charge >= 0.3 is 6.36 Å². The maximum atomic E-state index is 14.8. The number of hydrogen-bond acceptors (Lipinski definition) is 1. The standard InChI is InChI=1S/C23H18F6O/c1-2-3-4-14-6-10-18-17(11-14)9-8-16(21(18)26)7-5-15-12-19(24)22(20(25)13-15)30-23(27,28)29/h2,8-9,12-14H,1,3-4,6,10-11H2. The van der Waals surface area contributed by atoms with Crippen molar-refractivity contribution in [3.8, 4) is 17.6 Å². The van der Waals surface area contributed by atoms with E-state index in [1.54, 1.807) is 6.07 Å². The highest BCUT2D eigenvalue weighted by atomic mass is 19.4. The van der Waals surface area contributed by atoms with Crippen molar-refractivity contribution in [1.29, 1.82) is 0 Å². The summed E-state index contributed by atoms with van der Waals surface area (Å²) in [6.45, 7) is 3.71. The van der Waals surface area contributed by atoms with E-state index in [2.05, 4.69) is 23.2 Å². The van der Waals surface area contributed by atoms with E-state index < -0.39 is 29.6 Å². The SMILES string of the molecule is C=CCCC1CCc2c(ccc(C#Cc3cc(F)c(OC(F)(F)F)c(F)c3)c2F)C1. The van der Waals surface area contributed by atoms with Crippen molar-refractivity contribution in [3.63, 3.8) is 0 Å². The molecule has 0 aromatic heterocycles. The molecule has 0 saturated heterocycles. The van der Waals surface area contributed by atoms with Crippen molar-refractivity contribution >= 4 is 0 Å². The van der Waals surface area contributed by atoms with Gasteiger partial charge in [-0.1, -0.05) is 24.0 Å². The maximum Gasteiger partial charge on any atom is 0.573 e. The Labute approximate surface area is 170 Å². The van der Waals surface area contributed by atoms with E-state index in [1.807, 2.05) is 6.08 Å². The summed E-state index contributed by atoms with van der Waals surface area (Å²) in [5.41, 5.74) is 1.34. The number of hydrogen-bond donors (Lipinski definition) is 0. The van der Waals surface area contributed by atoms with E-state index in [4.69, 9.17) is 0 Å². The zero-order chi connectivity index (χ0) is 21.9. The first kappa shape index (κ1) is 21.8. The largest absolute Gasteiger partial charge is 0.573 e. The van der Waals surface area contributed by atoms with Gasteiger partial charge in [-0.25, -0.2) is 13.2 Å². The lowest BCUT2D eigenvalue weighted by atomic mass is 9.81. The van der Waals surface area contributed by atoms with Gasteiger partial charge in [-0.2, -0.15) is 0 Å². The van der Waals surface area contributed by atoms with Gasteiger partial charge in [0.1, 0.15) is 5.82 Å². The zero-order valence-corrected chi connectivity index (χ0v) is 15.9. The van der Waals surface area contributed by atoms with Crippen LogP contribution < -0.4 is 4.74 Å². The van der Waals surface area contributed by atoms with Crippen molar-refractivity contribution in [1.82, 2.24) is 0 Å². The first-order chi connectivity index (χ1) is 14.2. The highest BCUT2D eigenvalue weighted by molar-refractivity contribution is 5.48. The second-order valence-corrected chi connectivity index (χ2v) is 7.11. The van der Waals surface area contributed by atoms with E-state index >= 15 is 0 Å². The van der Waals surface area contributed by atoms with Crippen LogP contribution in [0.2, 0.25) is 0 Å². The molecule has 0 spiro atoms. The number of alkyl halides is 3. The van der Waals surface area contributed by atoms with Gasteiger partial charge in [0.25, 0.3) is 0 Å². The molecule has 2 aromatic carbocycles. The van der Waals surface area contributed by atoms with Gasteiger partial charge < -0.3 is 4.74 Å². The van der Waals surface area contributed by atoms with Crippen molar-refractivity contribution in [2.45, 2.75) is 38.5 Å². The molecular formula is C23H18F6O. The molecular weight excluding hydrogens is 406 g/mol. The maximum absolute atomic E-state index is 14.8. The highest BCUT2D eigenvalue weighted by Crippen LogP contribution is 2.32. The second kappa shape index (κ2) is 8.86. The predicted octanol–water partition coefficient (Wildman–Crippen LogP) is 6.47. The molecule has 0 bridgehead atoms. The third-order valence-electron chi connectivity index (χ3n) is 4.99. The minimum Gasteiger partial charge on any atom is -0.399 e. The van der Waals surface area contributed by atoms with Crippen molar-refractivity contribution in [2.75, 3.05) is 0 Å². The summed E-state index contributed by atoms with van der Waals surface area (Å²) in [5, 5.41) is 0. The fourth-order valence-electron chi connectivity index (χ4n) is 3.57. The molecule has 3 rings (SSSR count). The van der Waals surface area contributed by atoms with Gasteiger partial charge in [0.2, 0.25) is 5.75 Å². The van der Waals surface area contributed by atoms with Gasteiger partial charge in [0.15, 0.2) is 11.6 Å². The summed E-state index contributed by atoms with van der Waals surface area (Å²) >= 11 is 0.